The van der Waals surface area contributed by atoms with Crippen LogP contribution in [0.4, 0.5) is 4.39 Å². The van der Waals surface area contributed by atoms with Crippen LogP contribution in [0.1, 0.15) is 20.8 Å². The van der Waals surface area contributed by atoms with Gasteiger partial charge in [0.2, 0.25) is 6.29 Å². The van der Waals surface area contributed by atoms with E-state index in [1.165, 1.54) is 24.3 Å². The largest absolute Gasteiger partial charge is 0.590 e. The maximum absolute atomic E-state index is 15.7. The van der Waals surface area contributed by atoms with Crippen LogP contribution >= 0.6 is 7.82 Å². The Balaban J connectivity index is 1.96. The lowest BCUT2D eigenvalue weighted by molar-refractivity contribution is -0.277. The Morgan fingerprint density at radius 2 is 1.30 bits per heavy atom. The Hall–Kier alpha value is -3.47. The number of benzene rings is 2. The zero-order chi connectivity index (χ0) is 27.0. The van der Waals surface area contributed by atoms with Gasteiger partial charge in [0.25, 0.3) is 0 Å². The number of phosphoric ester groups is 1. The van der Waals surface area contributed by atoms with Crippen molar-refractivity contribution in [1.82, 2.24) is 0 Å². The molecule has 5 atom stereocenters. The van der Waals surface area contributed by atoms with Gasteiger partial charge in [-0.2, -0.15) is 0 Å². The Labute approximate surface area is 212 Å². The molecule has 1 fully saturated rings. The van der Waals surface area contributed by atoms with E-state index in [1.807, 2.05) is 0 Å². The minimum atomic E-state index is -4.65. The molecule has 11 nitrogen and oxygen atoms in total. The Bertz CT molecular complexity index is 1070. The smallest absolute Gasteiger partial charge is 0.463 e. The molecule has 2 aromatic rings. The summed E-state index contributed by atoms with van der Waals surface area (Å²) in [5.74, 6) is -2.32. The van der Waals surface area contributed by atoms with Gasteiger partial charge in [-0.1, -0.05) is 36.4 Å². The Morgan fingerprint density at radius 3 is 1.76 bits per heavy atom. The molecule has 200 valence electrons. The third kappa shape index (κ3) is 8.28. The standard InChI is InChI=1S/C24H26FO11P/c1-15(26)30-14-20-22(31-16(2)27)21(25)23(32-17(3)28)24(33-20)36-37(29,34-18-10-6-4-7-11-18)35-19-12-8-5-9-13-19/h4-13,20-24H,14H2,1-3H3/t20-,21+,22-,23-,24-/m1/s1. The number of hydrogen-bond donors (Lipinski definition) is 0. The number of alkyl halides is 1. The van der Waals surface area contributed by atoms with Crippen molar-refractivity contribution in [2.24, 2.45) is 0 Å². The van der Waals surface area contributed by atoms with E-state index in [0.29, 0.717) is 0 Å². The summed E-state index contributed by atoms with van der Waals surface area (Å²) in [6.45, 7) is 2.61. The van der Waals surface area contributed by atoms with Crippen LogP contribution in [0, 0.1) is 0 Å². The number of hydrogen-bond acceptors (Lipinski definition) is 11. The molecule has 0 saturated carbocycles. The second kappa shape index (κ2) is 12.7. The predicted molar refractivity (Wildman–Crippen MR) is 124 cm³/mol. The highest BCUT2D eigenvalue weighted by Gasteiger charge is 2.54. The molecule has 0 bridgehead atoms. The molecule has 0 aliphatic carbocycles. The lowest BCUT2D eigenvalue weighted by Gasteiger charge is -2.41. The second-order valence-electron chi connectivity index (χ2n) is 7.80. The van der Waals surface area contributed by atoms with Gasteiger partial charge in [-0.05, 0) is 24.3 Å². The van der Waals surface area contributed by atoms with Crippen LogP contribution in [-0.4, -0.2) is 55.3 Å². The van der Waals surface area contributed by atoms with Gasteiger partial charge in [-0.15, -0.1) is 0 Å². The van der Waals surface area contributed by atoms with Gasteiger partial charge in [0, 0.05) is 20.8 Å². The summed E-state index contributed by atoms with van der Waals surface area (Å²) in [5.41, 5.74) is 0. The van der Waals surface area contributed by atoms with Crippen molar-refractivity contribution in [3.63, 3.8) is 0 Å². The van der Waals surface area contributed by atoms with Crippen LogP contribution in [0.15, 0.2) is 60.7 Å². The molecule has 13 heteroatoms. The van der Waals surface area contributed by atoms with Gasteiger partial charge < -0.3 is 28.0 Å². The molecule has 0 spiro atoms. The fraction of sp³-hybridized carbons (Fsp3) is 0.375. The van der Waals surface area contributed by atoms with Crippen molar-refractivity contribution >= 4 is 25.7 Å². The molecule has 1 saturated heterocycles. The Kier molecular flexibility index (Phi) is 9.62. The lowest BCUT2D eigenvalue weighted by Crippen LogP contribution is -2.60. The van der Waals surface area contributed by atoms with Gasteiger partial charge in [-0.3, -0.25) is 14.4 Å². The summed E-state index contributed by atoms with van der Waals surface area (Å²) >= 11 is 0. The molecular weight excluding hydrogens is 514 g/mol. The van der Waals surface area contributed by atoms with Crippen LogP contribution in [0.3, 0.4) is 0 Å². The molecule has 0 aromatic heterocycles. The molecule has 0 N–H and O–H groups in total. The monoisotopic (exact) mass is 540 g/mol. The zero-order valence-electron chi connectivity index (χ0n) is 20.2. The summed E-state index contributed by atoms with van der Waals surface area (Å²) in [6, 6.07) is 15.7. The first kappa shape index (κ1) is 28.1. The van der Waals surface area contributed by atoms with E-state index < -0.39 is 63.1 Å². The number of para-hydroxylation sites is 2. The van der Waals surface area contributed by atoms with Gasteiger partial charge in [0.05, 0.1) is 0 Å². The van der Waals surface area contributed by atoms with Crippen molar-refractivity contribution in [2.75, 3.05) is 6.61 Å². The SMILES string of the molecule is CC(=O)OC[C@H]1O[C@H](OP(=O)(Oc2ccccc2)Oc2ccccc2)[C@H](OC(C)=O)[C@@H](F)[C@@H]1OC(C)=O. The molecule has 0 amide bonds. The molecular formula is C24H26FO11P. The third-order valence-electron chi connectivity index (χ3n) is 4.78. The number of carbonyl (C=O) groups excluding carboxylic acids is 3. The predicted octanol–water partition coefficient (Wildman–Crippen LogP) is 3.76. The highest BCUT2D eigenvalue weighted by Crippen LogP contribution is 2.52. The van der Waals surface area contributed by atoms with E-state index in [2.05, 4.69) is 0 Å². The molecule has 37 heavy (non-hydrogen) atoms. The molecule has 0 unspecified atom stereocenters. The van der Waals surface area contributed by atoms with Crippen molar-refractivity contribution in [3.8, 4) is 11.5 Å². The fourth-order valence-electron chi connectivity index (χ4n) is 3.34. The van der Waals surface area contributed by atoms with Crippen LogP contribution in [0.2, 0.25) is 0 Å². The van der Waals surface area contributed by atoms with Gasteiger partial charge in [0.1, 0.15) is 24.2 Å². The zero-order valence-corrected chi connectivity index (χ0v) is 21.1. The summed E-state index contributed by atoms with van der Waals surface area (Å²) in [6.07, 6.45) is -9.03. The third-order valence-corrected chi connectivity index (χ3v) is 6.11. The number of halogens is 1. The Morgan fingerprint density at radius 1 is 0.811 bits per heavy atom. The van der Waals surface area contributed by atoms with Crippen molar-refractivity contribution in [3.05, 3.63) is 60.7 Å². The molecule has 2 aromatic carbocycles. The molecule has 3 rings (SSSR count). The minimum Gasteiger partial charge on any atom is -0.463 e. The van der Waals surface area contributed by atoms with E-state index in [9.17, 15) is 18.9 Å². The van der Waals surface area contributed by atoms with Crippen LogP contribution in [0.25, 0.3) is 0 Å². The number of carbonyl (C=O) groups is 3. The van der Waals surface area contributed by atoms with Crippen molar-refractivity contribution < 1.29 is 55.9 Å². The van der Waals surface area contributed by atoms with Crippen LogP contribution < -0.4 is 9.05 Å². The first-order chi connectivity index (χ1) is 17.6. The van der Waals surface area contributed by atoms with Gasteiger partial charge in [-0.25, -0.2) is 13.5 Å². The summed E-state index contributed by atoms with van der Waals surface area (Å²) in [5, 5.41) is 0. The first-order valence-electron chi connectivity index (χ1n) is 11.1. The number of esters is 3. The first-order valence-corrected chi connectivity index (χ1v) is 12.6. The van der Waals surface area contributed by atoms with Crippen LogP contribution in [-0.2, 0) is 42.4 Å². The average Bonchev–Trinajstić information content (AvgIpc) is 2.83. The topological polar surface area (TPSA) is 133 Å². The maximum atomic E-state index is 15.7. The average molecular weight is 540 g/mol. The van der Waals surface area contributed by atoms with Crippen molar-refractivity contribution in [1.29, 1.82) is 0 Å². The molecule has 1 aliphatic heterocycles. The number of rotatable bonds is 10. The summed E-state index contributed by atoms with van der Waals surface area (Å²) < 4.78 is 66.7. The van der Waals surface area contributed by atoms with Crippen LogP contribution in [0.5, 0.6) is 11.5 Å². The number of ether oxygens (including phenoxy) is 4. The lowest BCUT2D eigenvalue weighted by atomic mass is 10.00. The minimum absolute atomic E-state index is 0.0904. The summed E-state index contributed by atoms with van der Waals surface area (Å²) in [7, 11) is -4.65. The summed E-state index contributed by atoms with van der Waals surface area (Å²) in [4.78, 5) is 34.7. The van der Waals surface area contributed by atoms with E-state index in [0.717, 1.165) is 20.8 Å². The quantitative estimate of drug-likeness (QED) is 0.248. The normalized spacial score (nSPS) is 23.4. The van der Waals surface area contributed by atoms with Gasteiger partial charge >= 0.3 is 25.7 Å². The van der Waals surface area contributed by atoms with E-state index in [1.54, 1.807) is 36.4 Å². The van der Waals surface area contributed by atoms with Crippen molar-refractivity contribution in [2.45, 2.75) is 51.5 Å². The van der Waals surface area contributed by atoms with E-state index in [4.69, 9.17) is 32.5 Å². The van der Waals surface area contributed by atoms with E-state index >= 15 is 4.39 Å². The van der Waals surface area contributed by atoms with Gasteiger partial charge in [0.15, 0.2) is 18.4 Å². The maximum Gasteiger partial charge on any atom is 0.590 e. The second-order valence-corrected chi connectivity index (χ2v) is 9.27. The molecule has 0 radical (unpaired) electrons. The number of phosphoric acid groups is 1. The fourth-order valence-corrected chi connectivity index (χ4v) is 4.65. The molecule has 1 heterocycles. The van der Waals surface area contributed by atoms with E-state index in [-0.39, 0.29) is 11.5 Å². The highest BCUT2D eigenvalue weighted by molar-refractivity contribution is 7.49. The molecule has 1 aliphatic rings. The highest BCUT2D eigenvalue weighted by atomic mass is 31.2.